The second-order valence-corrected chi connectivity index (χ2v) is 3.88. The van der Waals surface area contributed by atoms with E-state index in [1.165, 1.54) is 0 Å². The van der Waals surface area contributed by atoms with Crippen LogP contribution in [0.5, 0.6) is 0 Å². The van der Waals surface area contributed by atoms with Crippen molar-refractivity contribution >= 4 is 5.91 Å². The first-order valence-corrected chi connectivity index (χ1v) is 4.95. The van der Waals surface area contributed by atoms with Crippen LogP contribution >= 0.6 is 0 Å². The number of nitrogens with zero attached hydrogens (tertiary/aromatic N) is 1. The predicted octanol–water partition coefficient (Wildman–Crippen LogP) is 1.10. The van der Waals surface area contributed by atoms with E-state index in [0.29, 0.717) is 6.04 Å². The molecule has 0 spiro atoms. The van der Waals surface area contributed by atoms with Gasteiger partial charge in [-0.1, -0.05) is 13.8 Å². The van der Waals surface area contributed by atoms with Crippen LogP contribution in [-0.2, 0) is 4.79 Å². The van der Waals surface area contributed by atoms with Crippen LogP contribution in [0.25, 0.3) is 0 Å². The highest BCUT2D eigenvalue weighted by Crippen LogP contribution is 2.05. The van der Waals surface area contributed by atoms with Crippen molar-refractivity contribution < 1.29 is 4.79 Å². The lowest BCUT2D eigenvalue weighted by Gasteiger charge is -2.28. The zero-order chi connectivity index (χ0) is 10.4. The topological polar surface area (TPSA) is 32.3 Å². The van der Waals surface area contributed by atoms with Crippen molar-refractivity contribution in [3.63, 3.8) is 0 Å². The van der Waals surface area contributed by atoms with Gasteiger partial charge in [-0.05, 0) is 20.9 Å². The summed E-state index contributed by atoms with van der Waals surface area (Å²) < 4.78 is 0. The second kappa shape index (κ2) is 5.97. The van der Waals surface area contributed by atoms with Crippen LogP contribution in [0.15, 0.2) is 0 Å². The number of likely N-dealkylation sites (N-methyl/N-ethyl adjacent to an activating group) is 1. The molecular formula is C10H22N2O. The first-order valence-electron chi connectivity index (χ1n) is 4.95. The maximum absolute atomic E-state index is 11.7. The van der Waals surface area contributed by atoms with Gasteiger partial charge in [0.15, 0.2) is 0 Å². The Morgan fingerprint density at radius 2 is 1.85 bits per heavy atom. The van der Waals surface area contributed by atoms with Gasteiger partial charge in [-0.3, -0.25) is 4.79 Å². The van der Waals surface area contributed by atoms with E-state index < -0.39 is 0 Å². The Balaban J connectivity index is 4.16. The minimum absolute atomic E-state index is 0.0965. The molecule has 3 nitrogen and oxygen atoms in total. The van der Waals surface area contributed by atoms with Gasteiger partial charge in [0, 0.05) is 25.0 Å². The number of amides is 1. The maximum Gasteiger partial charge on any atom is 0.225 e. The molecule has 0 radical (unpaired) electrons. The highest BCUT2D eigenvalue weighted by molar-refractivity contribution is 5.78. The van der Waals surface area contributed by atoms with Gasteiger partial charge in [-0.25, -0.2) is 0 Å². The lowest BCUT2D eigenvalue weighted by atomic mass is 10.1. The molecule has 0 aliphatic rings. The van der Waals surface area contributed by atoms with Gasteiger partial charge in [-0.2, -0.15) is 0 Å². The van der Waals surface area contributed by atoms with Crippen molar-refractivity contribution in [3.8, 4) is 0 Å². The summed E-state index contributed by atoms with van der Waals surface area (Å²) in [5.74, 6) is 0.338. The van der Waals surface area contributed by atoms with E-state index in [-0.39, 0.29) is 11.8 Å². The lowest BCUT2D eigenvalue weighted by molar-refractivity contribution is -0.136. The molecule has 0 aliphatic heterocycles. The number of rotatable bonds is 5. The van der Waals surface area contributed by atoms with E-state index in [1.54, 1.807) is 0 Å². The van der Waals surface area contributed by atoms with Gasteiger partial charge in [0.05, 0.1) is 0 Å². The van der Waals surface area contributed by atoms with Crippen LogP contribution in [0.4, 0.5) is 0 Å². The summed E-state index contributed by atoms with van der Waals surface area (Å²) in [7, 11) is 1.90. The molecule has 0 bridgehead atoms. The van der Waals surface area contributed by atoms with Crippen molar-refractivity contribution in [2.75, 3.05) is 20.1 Å². The first-order chi connectivity index (χ1) is 6.00. The number of carbonyl (C=O) groups excluding carboxylic acids is 1. The Hall–Kier alpha value is -0.570. The van der Waals surface area contributed by atoms with Gasteiger partial charge in [0.25, 0.3) is 0 Å². The molecule has 1 amide bonds. The Bertz CT molecular complexity index is 155. The molecule has 13 heavy (non-hydrogen) atoms. The van der Waals surface area contributed by atoms with Gasteiger partial charge < -0.3 is 10.2 Å². The summed E-state index contributed by atoms with van der Waals surface area (Å²) in [6, 6.07) is 0.295. The third kappa shape index (κ3) is 4.27. The second-order valence-electron chi connectivity index (χ2n) is 3.88. The number of carbonyl (C=O) groups is 1. The Morgan fingerprint density at radius 3 is 2.15 bits per heavy atom. The van der Waals surface area contributed by atoms with Crippen LogP contribution in [0, 0.1) is 5.92 Å². The van der Waals surface area contributed by atoms with E-state index >= 15 is 0 Å². The van der Waals surface area contributed by atoms with Crippen molar-refractivity contribution in [3.05, 3.63) is 0 Å². The monoisotopic (exact) mass is 186 g/mol. The van der Waals surface area contributed by atoms with E-state index in [0.717, 1.165) is 13.1 Å². The fourth-order valence-corrected chi connectivity index (χ4v) is 1.19. The van der Waals surface area contributed by atoms with Crippen LogP contribution in [0.3, 0.4) is 0 Å². The highest BCUT2D eigenvalue weighted by Gasteiger charge is 2.18. The normalized spacial score (nSPS) is 11.0. The molecule has 0 saturated heterocycles. The molecule has 0 aromatic carbocycles. The third-order valence-corrected chi connectivity index (χ3v) is 2.00. The van der Waals surface area contributed by atoms with Crippen molar-refractivity contribution in [1.82, 2.24) is 10.2 Å². The lowest BCUT2D eigenvalue weighted by Crippen LogP contribution is -2.42. The molecule has 1 N–H and O–H groups in total. The summed E-state index contributed by atoms with van der Waals surface area (Å²) >= 11 is 0. The third-order valence-electron chi connectivity index (χ3n) is 2.00. The summed E-state index contributed by atoms with van der Waals surface area (Å²) in [5.41, 5.74) is 0. The average Bonchev–Trinajstić information content (AvgIpc) is 2.04. The SMILES string of the molecule is CNCCN(C(=O)C(C)C)C(C)C. The molecule has 0 saturated carbocycles. The van der Waals surface area contributed by atoms with E-state index in [4.69, 9.17) is 0 Å². The molecule has 0 aliphatic carbocycles. The maximum atomic E-state index is 11.7. The van der Waals surface area contributed by atoms with Gasteiger partial charge in [0.1, 0.15) is 0 Å². The molecule has 78 valence electrons. The summed E-state index contributed by atoms with van der Waals surface area (Å²) in [6.07, 6.45) is 0. The minimum Gasteiger partial charge on any atom is -0.339 e. The zero-order valence-corrected chi connectivity index (χ0v) is 9.42. The Labute approximate surface area is 81.5 Å². The van der Waals surface area contributed by atoms with Crippen LogP contribution in [0.1, 0.15) is 27.7 Å². The van der Waals surface area contributed by atoms with Crippen LogP contribution in [-0.4, -0.2) is 37.0 Å². The van der Waals surface area contributed by atoms with Crippen molar-refractivity contribution in [1.29, 1.82) is 0 Å². The Morgan fingerprint density at radius 1 is 1.31 bits per heavy atom. The molecule has 0 aromatic heterocycles. The molecule has 0 unspecified atom stereocenters. The van der Waals surface area contributed by atoms with Gasteiger partial charge in [-0.15, -0.1) is 0 Å². The van der Waals surface area contributed by atoms with Crippen LogP contribution in [0.2, 0.25) is 0 Å². The van der Waals surface area contributed by atoms with E-state index in [1.807, 2.05) is 25.8 Å². The van der Waals surface area contributed by atoms with E-state index in [9.17, 15) is 4.79 Å². The summed E-state index contributed by atoms with van der Waals surface area (Å²) in [4.78, 5) is 13.6. The smallest absolute Gasteiger partial charge is 0.225 e. The molecule has 0 atom stereocenters. The van der Waals surface area contributed by atoms with Gasteiger partial charge >= 0.3 is 0 Å². The molecule has 0 rings (SSSR count). The molecular weight excluding hydrogens is 164 g/mol. The zero-order valence-electron chi connectivity index (χ0n) is 9.42. The number of nitrogens with one attached hydrogen (secondary N) is 1. The highest BCUT2D eigenvalue weighted by atomic mass is 16.2. The molecule has 3 heteroatoms. The predicted molar refractivity (Wildman–Crippen MR) is 55.6 cm³/mol. The summed E-state index contributed by atoms with van der Waals surface area (Å²) in [5, 5.41) is 3.05. The fraction of sp³-hybridized carbons (Fsp3) is 0.900. The largest absolute Gasteiger partial charge is 0.339 e. The van der Waals surface area contributed by atoms with Crippen LogP contribution < -0.4 is 5.32 Å². The minimum atomic E-state index is 0.0965. The molecule has 0 fully saturated rings. The van der Waals surface area contributed by atoms with Crippen molar-refractivity contribution in [2.45, 2.75) is 33.7 Å². The Kier molecular flexibility index (Phi) is 5.71. The quantitative estimate of drug-likeness (QED) is 0.697. The first kappa shape index (κ1) is 12.4. The fourth-order valence-electron chi connectivity index (χ4n) is 1.19. The average molecular weight is 186 g/mol. The van der Waals surface area contributed by atoms with Gasteiger partial charge in [0.2, 0.25) is 5.91 Å². The molecule has 0 heterocycles. The molecule has 0 aromatic rings. The van der Waals surface area contributed by atoms with E-state index in [2.05, 4.69) is 19.2 Å². The number of hydrogen-bond donors (Lipinski definition) is 1. The number of hydrogen-bond acceptors (Lipinski definition) is 2. The standard InChI is InChI=1S/C10H22N2O/c1-8(2)10(13)12(9(3)4)7-6-11-5/h8-9,11H,6-7H2,1-5H3. The van der Waals surface area contributed by atoms with Crippen molar-refractivity contribution in [2.24, 2.45) is 5.92 Å². The summed E-state index contributed by atoms with van der Waals surface area (Å²) in [6.45, 7) is 9.64.